The predicted molar refractivity (Wildman–Crippen MR) is 48.7 cm³/mol. The average Bonchev–Trinajstić information content (AvgIpc) is 2.12. The Bertz CT molecular complexity index is 185. The molecule has 14 heavy (non-hydrogen) atoms. The molecule has 80 valence electrons. The molecule has 0 aromatic rings. The van der Waals surface area contributed by atoms with E-state index in [1.165, 1.54) is 11.6 Å². The van der Waals surface area contributed by atoms with E-state index in [9.17, 15) is 0 Å². The van der Waals surface area contributed by atoms with E-state index in [-0.39, 0.29) is 63.1 Å². The first-order valence-electron chi connectivity index (χ1n) is 3.84. The van der Waals surface area contributed by atoms with Crippen LogP contribution in [0.15, 0.2) is 17.7 Å². The first-order chi connectivity index (χ1) is 4.58. The van der Waals surface area contributed by atoms with Crippen molar-refractivity contribution in [2.45, 2.75) is 32.1 Å². The molecule has 0 saturated heterocycles. The fourth-order valence-electron chi connectivity index (χ4n) is 1.14. The molecule has 0 aromatic heterocycles. The SMILES string of the molecule is C[Si](C)(C)CC1=[C-]CC=C1.[Cl-].[Cl-].[Cl-].[Hf+4]. The quantitative estimate of drug-likeness (QED) is 0.299. The van der Waals surface area contributed by atoms with Gasteiger partial charge >= 0.3 is 25.8 Å². The van der Waals surface area contributed by atoms with Gasteiger partial charge in [0.1, 0.15) is 0 Å². The molecule has 0 N–H and O–H groups in total. The fraction of sp³-hybridized carbons (Fsp3) is 0.556. The van der Waals surface area contributed by atoms with E-state index < -0.39 is 8.07 Å². The summed E-state index contributed by atoms with van der Waals surface area (Å²) >= 11 is 0. The number of hydrogen-bond donors (Lipinski definition) is 0. The van der Waals surface area contributed by atoms with Gasteiger partial charge in [-0.1, -0.05) is 25.7 Å². The van der Waals surface area contributed by atoms with Crippen LogP contribution >= 0.6 is 0 Å². The van der Waals surface area contributed by atoms with Gasteiger partial charge in [0.2, 0.25) is 0 Å². The first-order valence-corrected chi connectivity index (χ1v) is 7.55. The molecule has 0 amide bonds. The van der Waals surface area contributed by atoms with Crippen LogP contribution in [0.5, 0.6) is 0 Å². The number of allylic oxidation sites excluding steroid dienone is 4. The van der Waals surface area contributed by atoms with Crippen molar-refractivity contribution in [1.82, 2.24) is 0 Å². The van der Waals surface area contributed by atoms with Gasteiger partial charge < -0.3 is 37.2 Å². The van der Waals surface area contributed by atoms with Crippen LogP contribution in [0.3, 0.4) is 0 Å². The maximum atomic E-state index is 3.35. The molecule has 0 heterocycles. The van der Waals surface area contributed by atoms with Gasteiger partial charge in [0.05, 0.1) is 0 Å². The van der Waals surface area contributed by atoms with Crippen molar-refractivity contribution in [3.8, 4) is 0 Å². The van der Waals surface area contributed by atoms with E-state index in [1.807, 2.05) is 0 Å². The molecule has 0 atom stereocenters. The summed E-state index contributed by atoms with van der Waals surface area (Å²) in [4.78, 5) is 0. The smallest absolute Gasteiger partial charge is 1.00 e. The number of hydrogen-bond acceptors (Lipinski definition) is 0. The van der Waals surface area contributed by atoms with Crippen LogP contribution in [0.2, 0.25) is 25.7 Å². The Morgan fingerprint density at radius 1 is 1.21 bits per heavy atom. The fourth-order valence-corrected chi connectivity index (χ4v) is 2.53. The zero-order valence-electron chi connectivity index (χ0n) is 8.70. The van der Waals surface area contributed by atoms with Crippen LogP contribution < -0.4 is 37.2 Å². The molecule has 1 rings (SSSR count). The topological polar surface area (TPSA) is 0 Å². The van der Waals surface area contributed by atoms with E-state index in [0.717, 1.165) is 6.42 Å². The van der Waals surface area contributed by atoms with Gasteiger partial charge in [-0.05, 0) is 0 Å². The maximum Gasteiger partial charge on any atom is 4.00 e. The minimum atomic E-state index is -0.873. The molecule has 0 bridgehead atoms. The zero-order chi connectivity index (χ0) is 7.61. The van der Waals surface area contributed by atoms with E-state index >= 15 is 0 Å². The van der Waals surface area contributed by atoms with Crippen LogP contribution in [0.1, 0.15) is 6.42 Å². The van der Waals surface area contributed by atoms with E-state index in [2.05, 4.69) is 37.9 Å². The average molecular weight is 436 g/mol. The molecule has 0 aromatic carbocycles. The number of rotatable bonds is 2. The molecule has 0 unspecified atom stereocenters. The minimum absolute atomic E-state index is 0. The standard InChI is InChI=1S/C9H15Si.3ClH.Hf/c1-10(2,3)8-9-6-4-5-7-9;;;;/h4,6H,5,8H2,1-3H3;3*1H;/q-1;;;;+4/p-3. The third-order valence-electron chi connectivity index (χ3n) is 1.49. The third kappa shape index (κ3) is 11.5. The Morgan fingerprint density at radius 3 is 2.00 bits per heavy atom. The Labute approximate surface area is 126 Å². The van der Waals surface area contributed by atoms with Crippen molar-refractivity contribution in [2.75, 3.05) is 0 Å². The van der Waals surface area contributed by atoms with Gasteiger partial charge in [-0.2, -0.15) is 6.08 Å². The molecule has 1 aliphatic rings. The maximum absolute atomic E-state index is 3.35. The van der Waals surface area contributed by atoms with Gasteiger partial charge in [-0.25, -0.2) is 11.6 Å². The van der Waals surface area contributed by atoms with Crippen molar-refractivity contribution >= 4 is 8.07 Å². The van der Waals surface area contributed by atoms with Crippen LogP contribution in [-0.2, 0) is 25.8 Å². The summed E-state index contributed by atoms with van der Waals surface area (Å²) in [5.41, 5.74) is 1.44. The van der Waals surface area contributed by atoms with Crippen LogP contribution in [0.25, 0.3) is 0 Å². The zero-order valence-corrected chi connectivity index (χ0v) is 15.6. The molecular formula is C9H15Cl3HfSi. The molecule has 0 aliphatic heterocycles. The van der Waals surface area contributed by atoms with E-state index in [0.29, 0.717) is 0 Å². The number of halogens is 3. The first kappa shape index (κ1) is 24.6. The van der Waals surface area contributed by atoms with Gasteiger partial charge in [0, 0.05) is 8.07 Å². The molecule has 0 radical (unpaired) electrons. The second-order valence-corrected chi connectivity index (χ2v) is 9.52. The predicted octanol–water partition coefficient (Wildman–Crippen LogP) is -5.98. The van der Waals surface area contributed by atoms with Crippen molar-refractivity contribution in [3.63, 3.8) is 0 Å². The second-order valence-electron chi connectivity index (χ2n) is 4.05. The summed E-state index contributed by atoms with van der Waals surface area (Å²) in [7, 11) is -0.873. The van der Waals surface area contributed by atoms with E-state index in [4.69, 9.17) is 0 Å². The Hall–Kier alpha value is 1.44. The monoisotopic (exact) mass is 436 g/mol. The Balaban J connectivity index is -0.000000125. The van der Waals surface area contributed by atoms with Gasteiger partial charge in [0.15, 0.2) is 0 Å². The Morgan fingerprint density at radius 2 is 1.71 bits per heavy atom. The molecule has 5 heteroatoms. The van der Waals surface area contributed by atoms with Crippen molar-refractivity contribution in [3.05, 3.63) is 23.8 Å². The van der Waals surface area contributed by atoms with Crippen LogP contribution in [0.4, 0.5) is 0 Å². The molecule has 1 aliphatic carbocycles. The van der Waals surface area contributed by atoms with Crippen LogP contribution in [0, 0.1) is 6.08 Å². The van der Waals surface area contributed by atoms with Crippen molar-refractivity contribution in [2.24, 2.45) is 0 Å². The normalized spacial score (nSPS) is 12.6. The van der Waals surface area contributed by atoms with Gasteiger partial charge in [-0.3, -0.25) is 6.08 Å². The summed E-state index contributed by atoms with van der Waals surface area (Å²) in [6.45, 7) is 7.19. The molecule has 0 nitrogen and oxygen atoms in total. The second kappa shape index (κ2) is 10.9. The molecule has 0 fully saturated rings. The summed E-state index contributed by atoms with van der Waals surface area (Å²) in [5, 5.41) is 0. The summed E-state index contributed by atoms with van der Waals surface area (Å²) < 4.78 is 0. The van der Waals surface area contributed by atoms with E-state index in [1.54, 1.807) is 0 Å². The summed E-state index contributed by atoms with van der Waals surface area (Å²) in [5.74, 6) is 0. The van der Waals surface area contributed by atoms with Gasteiger partial charge in [0.25, 0.3) is 0 Å². The van der Waals surface area contributed by atoms with Gasteiger partial charge in [-0.15, -0.1) is 6.42 Å². The largest absolute Gasteiger partial charge is 4.00 e. The van der Waals surface area contributed by atoms with Crippen molar-refractivity contribution < 1.29 is 63.1 Å². The molecule has 0 spiro atoms. The van der Waals surface area contributed by atoms with Crippen LogP contribution in [-0.4, -0.2) is 8.07 Å². The minimum Gasteiger partial charge on any atom is -1.00 e. The van der Waals surface area contributed by atoms with Crippen molar-refractivity contribution in [1.29, 1.82) is 0 Å². The molecule has 0 saturated carbocycles. The summed E-state index contributed by atoms with van der Waals surface area (Å²) in [6.07, 6.45) is 8.81. The Kier molecular flexibility index (Phi) is 19.2. The molecular weight excluding hydrogens is 421 g/mol. The summed E-state index contributed by atoms with van der Waals surface area (Å²) in [6, 6.07) is 1.30. The third-order valence-corrected chi connectivity index (χ3v) is 2.93.